The molecule has 2 aromatic rings. The van der Waals surface area contributed by atoms with Crippen molar-refractivity contribution in [2.45, 2.75) is 59.7 Å². The molecule has 0 saturated heterocycles. The lowest BCUT2D eigenvalue weighted by Gasteiger charge is -2.14. The molecular formula is C15H25N5. The first kappa shape index (κ1) is 14.8. The van der Waals surface area contributed by atoms with E-state index in [1.54, 1.807) is 0 Å². The predicted molar refractivity (Wildman–Crippen MR) is 80.5 cm³/mol. The Balaban J connectivity index is 2.22. The first-order chi connectivity index (χ1) is 9.58. The zero-order chi connectivity index (χ0) is 14.7. The van der Waals surface area contributed by atoms with Crippen LogP contribution in [0.4, 0.5) is 0 Å². The molecular weight excluding hydrogens is 250 g/mol. The molecule has 5 nitrogen and oxygen atoms in total. The molecule has 1 unspecified atom stereocenters. The van der Waals surface area contributed by atoms with Gasteiger partial charge < -0.3 is 5.73 Å². The number of aryl methyl sites for hydroxylation is 4. The lowest BCUT2D eigenvalue weighted by Crippen LogP contribution is -2.19. The van der Waals surface area contributed by atoms with Crippen molar-refractivity contribution in [3.8, 4) is 0 Å². The Morgan fingerprint density at radius 1 is 1.10 bits per heavy atom. The van der Waals surface area contributed by atoms with Crippen LogP contribution < -0.4 is 5.73 Å². The number of nitrogens with two attached hydrogens (primary N) is 1. The standard InChI is InChI=1S/C15H25N5/c1-5-12-9-15(20(7-3)18-12)14(16)10-13-8-11(4)17-19(13)6-2/h8-9,14H,5-7,10,16H2,1-4H3. The van der Waals surface area contributed by atoms with Gasteiger partial charge in [-0.15, -0.1) is 0 Å². The molecule has 2 aromatic heterocycles. The van der Waals surface area contributed by atoms with Crippen LogP contribution in [0.5, 0.6) is 0 Å². The highest BCUT2D eigenvalue weighted by Gasteiger charge is 2.16. The van der Waals surface area contributed by atoms with E-state index >= 15 is 0 Å². The Morgan fingerprint density at radius 3 is 2.40 bits per heavy atom. The molecule has 0 radical (unpaired) electrons. The lowest BCUT2D eigenvalue weighted by atomic mass is 10.1. The van der Waals surface area contributed by atoms with Crippen LogP contribution in [0.1, 0.15) is 49.6 Å². The Hall–Kier alpha value is -1.62. The van der Waals surface area contributed by atoms with E-state index in [1.807, 2.05) is 16.3 Å². The highest BCUT2D eigenvalue weighted by atomic mass is 15.3. The monoisotopic (exact) mass is 275 g/mol. The topological polar surface area (TPSA) is 61.7 Å². The van der Waals surface area contributed by atoms with E-state index in [2.05, 4.69) is 43.1 Å². The molecule has 0 spiro atoms. The van der Waals surface area contributed by atoms with E-state index in [1.165, 1.54) is 5.69 Å². The van der Waals surface area contributed by atoms with Gasteiger partial charge in [-0.3, -0.25) is 9.36 Å². The SMILES string of the molecule is CCc1cc(C(N)Cc2cc(C)nn2CC)n(CC)n1. The molecule has 0 amide bonds. The van der Waals surface area contributed by atoms with Gasteiger partial charge in [0.25, 0.3) is 0 Å². The fraction of sp³-hybridized carbons (Fsp3) is 0.600. The summed E-state index contributed by atoms with van der Waals surface area (Å²) in [5.74, 6) is 0. The van der Waals surface area contributed by atoms with Crippen LogP contribution in [0.15, 0.2) is 12.1 Å². The quantitative estimate of drug-likeness (QED) is 0.879. The van der Waals surface area contributed by atoms with Crippen LogP contribution in [0.3, 0.4) is 0 Å². The van der Waals surface area contributed by atoms with E-state index < -0.39 is 0 Å². The summed E-state index contributed by atoms with van der Waals surface area (Å²) in [6.45, 7) is 10.1. The molecule has 20 heavy (non-hydrogen) atoms. The van der Waals surface area contributed by atoms with Gasteiger partial charge in [-0.2, -0.15) is 10.2 Å². The largest absolute Gasteiger partial charge is 0.322 e. The van der Waals surface area contributed by atoms with Crippen LogP contribution in [0.2, 0.25) is 0 Å². The Bertz CT molecular complexity index is 567. The summed E-state index contributed by atoms with van der Waals surface area (Å²) in [4.78, 5) is 0. The van der Waals surface area contributed by atoms with E-state index in [0.717, 1.165) is 43.0 Å². The van der Waals surface area contributed by atoms with Crippen molar-refractivity contribution in [3.63, 3.8) is 0 Å². The average molecular weight is 275 g/mol. The van der Waals surface area contributed by atoms with Gasteiger partial charge in [-0.25, -0.2) is 0 Å². The third-order valence-electron chi connectivity index (χ3n) is 3.62. The maximum Gasteiger partial charge on any atom is 0.0625 e. The van der Waals surface area contributed by atoms with Crippen molar-refractivity contribution in [2.75, 3.05) is 0 Å². The second-order valence-electron chi connectivity index (χ2n) is 5.13. The maximum atomic E-state index is 6.40. The van der Waals surface area contributed by atoms with Gasteiger partial charge in [0.05, 0.1) is 23.1 Å². The Kier molecular flexibility index (Phi) is 4.60. The van der Waals surface area contributed by atoms with E-state index in [-0.39, 0.29) is 6.04 Å². The highest BCUT2D eigenvalue weighted by Crippen LogP contribution is 2.18. The fourth-order valence-corrected chi connectivity index (χ4v) is 2.58. The van der Waals surface area contributed by atoms with Gasteiger partial charge in [-0.1, -0.05) is 6.92 Å². The summed E-state index contributed by atoms with van der Waals surface area (Å²) in [6, 6.07) is 4.22. The van der Waals surface area contributed by atoms with Crippen molar-refractivity contribution in [1.82, 2.24) is 19.6 Å². The molecule has 0 aliphatic rings. The van der Waals surface area contributed by atoms with Crippen molar-refractivity contribution >= 4 is 0 Å². The molecule has 0 bridgehead atoms. The molecule has 0 fully saturated rings. The molecule has 5 heteroatoms. The lowest BCUT2D eigenvalue weighted by molar-refractivity contribution is 0.540. The second-order valence-corrected chi connectivity index (χ2v) is 5.13. The van der Waals surface area contributed by atoms with Crippen molar-refractivity contribution in [2.24, 2.45) is 5.73 Å². The summed E-state index contributed by atoms with van der Waals surface area (Å²) in [7, 11) is 0. The number of hydrogen-bond acceptors (Lipinski definition) is 3. The number of nitrogens with zero attached hydrogens (tertiary/aromatic N) is 4. The molecule has 2 heterocycles. The molecule has 1 atom stereocenters. The summed E-state index contributed by atoms with van der Waals surface area (Å²) < 4.78 is 4.05. The molecule has 2 N–H and O–H groups in total. The average Bonchev–Trinajstić information content (AvgIpc) is 3.01. The van der Waals surface area contributed by atoms with Crippen LogP contribution in [0.25, 0.3) is 0 Å². The molecule has 0 aromatic carbocycles. The third kappa shape index (κ3) is 2.93. The van der Waals surface area contributed by atoms with Gasteiger partial charge >= 0.3 is 0 Å². The Morgan fingerprint density at radius 2 is 1.80 bits per heavy atom. The van der Waals surface area contributed by atoms with Crippen LogP contribution in [-0.2, 0) is 25.9 Å². The van der Waals surface area contributed by atoms with Gasteiger partial charge in [0.1, 0.15) is 0 Å². The minimum atomic E-state index is -0.0378. The van der Waals surface area contributed by atoms with Gasteiger partial charge in [0.15, 0.2) is 0 Å². The van der Waals surface area contributed by atoms with Crippen LogP contribution >= 0.6 is 0 Å². The van der Waals surface area contributed by atoms with E-state index in [4.69, 9.17) is 5.73 Å². The van der Waals surface area contributed by atoms with Crippen molar-refractivity contribution < 1.29 is 0 Å². The van der Waals surface area contributed by atoms with E-state index in [9.17, 15) is 0 Å². The number of rotatable bonds is 6. The smallest absolute Gasteiger partial charge is 0.0625 e. The Labute approximate surface area is 120 Å². The number of aromatic nitrogens is 4. The van der Waals surface area contributed by atoms with Crippen molar-refractivity contribution in [3.05, 3.63) is 34.9 Å². The molecule has 110 valence electrons. The minimum Gasteiger partial charge on any atom is -0.322 e. The molecule has 0 aliphatic heterocycles. The summed E-state index contributed by atoms with van der Waals surface area (Å²) in [5, 5.41) is 9.05. The molecule has 0 saturated carbocycles. The third-order valence-corrected chi connectivity index (χ3v) is 3.62. The summed E-state index contributed by atoms with van der Waals surface area (Å²) >= 11 is 0. The van der Waals surface area contributed by atoms with Gasteiger partial charge in [-0.05, 0) is 39.3 Å². The van der Waals surface area contributed by atoms with Crippen LogP contribution in [-0.4, -0.2) is 19.6 Å². The van der Waals surface area contributed by atoms with Crippen molar-refractivity contribution in [1.29, 1.82) is 0 Å². The first-order valence-electron chi connectivity index (χ1n) is 7.44. The molecule has 2 rings (SSSR count). The normalized spacial score (nSPS) is 12.8. The maximum absolute atomic E-state index is 6.40. The summed E-state index contributed by atoms with van der Waals surface area (Å²) in [5.41, 5.74) is 10.9. The second kappa shape index (κ2) is 6.22. The summed E-state index contributed by atoms with van der Waals surface area (Å²) in [6.07, 6.45) is 1.74. The predicted octanol–water partition coefficient (Wildman–Crippen LogP) is 2.23. The number of hydrogen-bond donors (Lipinski definition) is 1. The minimum absolute atomic E-state index is 0.0378. The van der Waals surface area contributed by atoms with Crippen LogP contribution in [0, 0.1) is 6.92 Å². The zero-order valence-electron chi connectivity index (χ0n) is 12.9. The highest BCUT2D eigenvalue weighted by molar-refractivity contribution is 5.18. The van der Waals surface area contributed by atoms with Gasteiger partial charge in [0, 0.05) is 25.2 Å². The van der Waals surface area contributed by atoms with Gasteiger partial charge in [0.2, 0.25) is 0 Å². The zero-order valence-corrected chi connectivity index (χ0v) is 12.9. The molecule has 0 aliphatic carbocycles. The fourth-order valence-electron chi connectivity index (χ4n) is 2.58. The first-order valence-corrected chi connectivity index (χ1v) is 7.44. The van der Waals surface area contributed by atoms with E-state index in [0.29, 0.717) is 0 Å².